The van der Waals surface area contributed by atoms with Crippen LogP contribution >= 0.6 is 35.6 Å². The molecule has 3 rings (SSSR count). The summed E-state index contributed by atoms with van der Waals surface area (Å²) in [6, 6.07) is 13.7. The first-order chi connectivity index (χ1) is 12.6. The third-order valence-electron chi connectivity index (χ3n) is 4.69. The van der Waals surface area contributed by atoms with Crippen molar-refractivity contribution in [1.29, 1.82) is 0 Å². The standard InChI is InChI=1S/C20H25ClN4O.HI/c1-14-7-8-16(21)11-18(14)25-10-9-15(13-25)12-23-20(22)24-17-5-3-4-6-19(17)26-2;/h3-8,11,15H,9-10,12-13H2,1-2H3,(H3,22,23,24);1H. The first-order valence-corrected chi connectivity index (χ1v) is 9.15. The molecule has 1 atom stereocenters. The molecule has 1 saturated heterocycles. The van der Waals surface area contributed by atoms with Crippen LogP contribution in [0.15, 0.2) is 47.5 Å². The van der Waals surface area contributed by atoms with Gasteiger partial charge in [-0.15, -0.1) is 24.0 Å². The summed E-state index contributed by atoms with van der Waals surface area (Å²) in [4.78, 5) is 6.90. The number of ether oxygens (including phenoxy) is 1. The number of nitrogens with zero attached hydrogens (tertiary/aromatic N) is 2. The zero-order valence-electron chi connectivity index (χ0n) is 15.6. The van der Waals surface area contributed by atoms with Crippen molar-refractivity contribution in [1.82, 2.24) is 0 Å². The van der Waals surface area contributed by atoms with Crippen molar-refractivity contribution in [3.05, 3.63) is 53.1 Å². The van der Waals surface area contributed by atoms with Gasteiger partial charge < -0.3 is 20.7 Å². The van der Waals surface area contributed by atoms with Gasteiger partial charge in [0.2, 0.25) is 0 Å². The minimum atomic E-state index is 0. The Morgan fingerprint density at radius 1 is 1.33 bits per heavy atom. The van der Waals surface area contributed by atoms with Gasteiger partial charge in [-0.2, -0.15) is 0 Å². The van der Waals surface area contributed by atoms with Gasteiger partial charge in [0.05, 0.1) is 12.8 Å². The first kappa shape index (κ1) is 21.6. The number of nitrogens with two attached hydrogens (primary N) is 1. The third kappa shape index (κ3) is 5.65. The smallest absolute Gasteiger partial charge is 0.193 e. The zero-order chi connectivity index (χ0) is 18.5. The number of anilines is 2. The molecule has 1 aliphatic rings. The maximum Gasteiger partial charge on any atom is 0.193 e. The normalized spacial score (nSPS) is 16.8. The Balaban J connectivity index is 0.00000261. The quantitative estimate of drug-likeness (QED) is 0.360. The van der Waals surface area contributed by atoms with Gasteiger partial charge in [-0.05, 0) is 49.1 Å². The van der Waals surface area contributed by atoms with Gasteiger partial charge in [-0.25, -0.2) is 0 Å². The van der Waals surface area contributed by atoms with Crippen molar-refractivity contribution >= 4 is 52.9 Å². The van der Waals surface area contributed by atoms with Crippen LogP contribution in [0.1, 0.15) is 12.0 Å². The van der Waals surface area contributed by atoms with Gasteiger partial charge in [0.25, 0.3) is 0 Å². The van der Waals surface area contributed by atoms with Crippen LogP contribution in [0.25, 0.3) is 0 Å². The van der Waals surface area contributed by atoms with E-state index in [1.54, 1.807) is 7.11 Å². The van der Waals surface area contributed by atoms with E-state index in [0.29, 0.717) is 18.4 Å². The van der Waals surface area contributed by atoms with E-state index in [1.807, 2.05) is 36.4 Å². The molecule has 27 heavy (non-hydrogen) atoms. The van der Waals surface area contributed by atoms with Gasteiger partial charge in [0.15, 0.2) is 5.96 Å². The molecule has 7 heteroatoms. The second kappa shape index (κ2) is 10.0. The molecular formula is C20H26ClIN4O. The summed E-state index contributed by atoms with van der Waals surface area (Å²) >= 11 is 6.15. The Labute approximate surface area is 183 Å². The molecule has 0 radical (unpaired) electrons. The molecule has 1 fully saturated rings. The number of nitrogens with one attached hydrogen (secondary N) is 1. The number of guanidine groups is 1. The number of hydrogen-bond donors (Lipinski definition) is 2. The summed E-state index contributed by atoms with van der Waals surface area (Å²) < 4.78 is 5.32. The number of halogens is 2. The molecule has 2 aromatic rings. The van der Waals surface area contributed by atoms with E-state index in [2.05, 4.69) is 28.2 Å². The van der Waals surface area contributed by atoms with Crippen LogP contribution in [0, 0.1) is 12.8 Å². The lowest BCUT2D eigenvalue weighted by atomic mass is 10.1. The van der Waals surface area contributed by atoms with Crippen LogP contribution in [0.3, 0.4) is 0 Å². The van der Waals surface area contributed by atoms with Gasteiger partial charge in [0.1, 0.15) is 5.75 Å². The summed E-state index contributed by atoms with van der Waals surface area (Å²) in [5.74, 6) is 1.63. The molecule has 0 aromatic heterocycles. The van der Waals surface area contributed by atoms with Crippen LogP contribution in [-0.2, 0) is 0 Å². The van der Waals surface area contributed by atoms with Gasteiger partial charge >= 0.3 is 0 Å². The van der Waals surface area contributed by atoms with E-state index in [0.717, 1.165) is 36.0 Å². The Morgan fingerprint density at radius 3 is 2.89 bits per heavy atom. The molecule has 1 aliphatic heterocycles. The molecule has 3 N–H and O–H groups in total. The minimum absolute atomic E-state index is 0. The van der Waals surface area contributed by atoms with E-state index in [9.17, 15) is 0 Å². The molecule has 0 amide bonds. The highest BCUT2D eigenvalue weighted by Crippen LogP contribution is 2.29. The van der Waals surface area contributed by atoms with Crippen molar-refractivity contribution < 1.29 is 4.74 Å². The molecule has 0 bridgehead atoms. The SMILES string of the molecule is COc1ccccc1NC(N)=NCC1CCN(c2cc(Cl)ccc2C)C1.I. The number of hydrogen-bond acceptors (Lipinski definition) is 3. The Kier molecular flexibility index (Phi) is 8.04. The maximum atomic E-state index is 6.15. The molecule has 1 unspecified atom stereocenters. The Hall–Kier alpha value is -1.67. The van der Waals surface area contributed by atoms with Gasteiger partial charge in [-0.1, -0.05) is 29.8 Å². The largest absolute Gasteiger partial charge is 0.495 e. The molecule has 0 saturated carbocycles. The summed E-state index contributed by atoms with van der Waals surface area (Å²) in [5, 5.41) is 3.89. The monoisotopic (exact) mass is 500 g/mol. The highest BCUT2D eigenvalue weighted by Gasteiger charge is 2.23. The summed E-state index contributed by atoms with van der Waals surface area (Å²) in [6.07, 6.45) is 1.09. The minimum Gasteiger partial charge on any atom is -0.495 e. The highest BCUT2D eigenvalue weighted by molar-refractivity contribution is 14.0. The number of rotatable bonds is 5. The van der Waals surface area contributed by atoms with E-state index < -0.39 is 0 Å². The van der Waals surface area contributed by atoms with E-state index >= 15 is 0 Å². The topological polar surface area (TPSA) is 62.9 Å². The predicted octanol–water partition coefficient (Wildman–Crippen LogP) is 4.53. The number of aliphatic imine (C=N–C) groups is 1. The second-order valence-electron chi connectivity index (χ2n) is 6.58. The predicted molar refractivity (Wildman–Crippen MR) is 125 cm³/mol. The Morgan fingerprint density at radius 2 is 2.11 bits per heavy atom. The number of benzene rings is 2. The van der Waals surface area contributed by atoms with Crippen molar-refractivity contribution in [2.75, 3.05) is 37.0 Å². The van der Waals surface area contributed by atoms with Crippen LogP contribution < -0.4 is 20.7 Å². The van der Waals surface area contributed by atoms with Crippen molar-refractivity contribution in [2.24, 2.45) is 16.6 Å². The summed E-state index contributed by atoms with van der Waals surface area (Å²) in [5.41, 5.74) is 9.33. The fraction of sp³-hybridized carbons (Fsp3) is 0.350. The second-order valence-corrected chi connectivity index (χ2v) is 7.02. The van der Waals surface area contributed by atoms with Crippen LogP contribution in [0.5, 0.6) is 5.75 Å². The molecule has 5 nitrogen and oxygen atoms in total. The summed E-state index contributed by atoms with van der Waals surface area (Å²) in [7, 11) is 1.64. The van der Waals surface area contributed by atoms with E-state index in [-0.39, 0.29) is 24.0 Å². The average molecular weight is 501 g/mol. The molecule has 0 aliphatic carbocycles. The lowest BCUT2D eigenvalue weighted by molar-refractivity contribution is 0.417. The molecule has 0 spiro atoms. The van der Waals surface area contributed by atoms with Gasteiger partial charge in [0, 0.05) is 30.3 Å². The molecular weight excluding hydrogens is 475 g/mol. The van der Waals surface area contributed by atoms with Crippen LogP contribution in [-0.4, -0.2) is 32.7 Å². The maximum absolute atomic E-state index is 6.15. The third-order valence-corrected chi connectivity index (χ3v) is 4.92. The van der Waals surface area contributed by atoms with E-state index in [4.69, 9.17) is 22.1 Å². The first-order valence-electron chi connectivity index (χ1n) is 8.78. The number of aryl methyl sites for hydroxylation is 1. The zero-order valence-corrected chi connectivity index (χ0v) is 18.7. The molecule has 2 aromatic carbocycles. The Bertz CT molecular complexity index is 799. The fourth-order valence-corrected chi connectivity index (χ4v) is 3.44. The fourth-order valence-electron chi connectivity index (χ4n) is 3.28. The number of methoxy groups -OCH3 is 1. The lowest BCUT2D eigenvalue weighted by Gasteiger charge is -2.21. The van der Waals surface area contributed by atoms with Crippen LogP contribution in [0.2, 0.25) is 5.02 Å². The van der Waals surface area contributed by atoms with Crippen molar-refractivity contribution in [3.8, 4) is 5.75 Å². The van der Waals surface area contributed by atoms with Gasteiger partial charge in [-0.3, -0.25) is 4.99 Å². The lowest BCUT2D eigenvalue weighted by Crippen LogP contribution is -2.25. The van der Waals surface area contributed by atoms with Crippen LogP contribution in [0.4, 0.5) is 11.4 Å². The average Bonchev–Trinajstić information content (AvgIpc) is 3.11. The summed E-state index contributed by atoms with van der Waals surface area (Å²) in [6.45, 7) is 4.80. The van der Waals surface area contributed by atoms with Crippen molar-refractivity contribution in [2.45, 2.75) is 13.3 Å². The molecule has 1 heterocycles. The number of para-hydroxylation sites is 2. The highest BCUT2D eigenvalue weighted by atomic mass is 127. The van der Waals surface area contributed by atoms with E-state index in [1.165, 1.54) is 11.3 Å². The van der Waals surface area contributed by atoms with Crippen molar-refractivity contribution in [3.63, 3.8) is 0 Å². The molecule has 146 valence electrons.